The van der Waals surface area contributed by atoms with Crippen molar-refractivity contribution in [2.75, 3.05) is 25.2 Å². The predicted octanol–water partition coefficient (Wildman–Crippen LogP) is 1.60. The number of aliphatic hydroxyl groups is 1. The molecule has 1 aromatic carbocycles. The van der Waals surface area contributed by atoms with Crippen LogP contribution < -0.4 is 10.5 Å². The lowest BCUT2D eigenvalue weighted by atomic mass is 10.2. The number of ether oxygens (including phenoxy) is 1. The average Bonchev–Trinajstić information content (AvgIpc) is 2.39. The Balaban J connectivity index is 2.71. The fourth-order valence-corrected chi connectivity index (χ4v) is 3.31. The summed E-state index contributed by atoms with van der Waals surface area (Å²) in [5.74, 6) is 0.545. The van der Waals surface area contributed by atoms with Gasteiger partial charge in [0.1, 0.15) is 5.75 Å². The molecule has 0 aliphatic rings. The minimum atomic E-state index is -3.38. The minimum absolute atomic E-state index is 0.0653. The van der Waals surface area contributed by atoms with Crippen LogP contribution in [0.2, 0.25) is 0 Å². The van der Waals surface area contributed by atoms with Crippen LogP contribution >= 0.6 is 0 Å². The molecule has 5 nitrogen and oxygen atoms in total. The number of sulfone groups is 1. The Morgan fingerprint density at radius 3 is 2.53 bits per heavy atom. The first-order chi connectivity index (χ1) is 9.01. The van der Waals surface area contributed by atoms with Crippen molar-refractivity contribution in [3.8, 4) is 5.75 Å². The summed E-state index contributed by atoms with van der Waals surface area (Å²) in [6, 6.07) is 4.63. The van der Waals surface area contributed by atoms with Gasteiger partial charge in [0.2, 0.25) is 0 Å². The molecule has 0 amide bonds. The Labute approximate surface area is 114 Å². The van der Waals surface area contributed by atoms with Gasteiger partial charge in [0.25, 0.3) is 0 Å². The Hall–Kier alpha value is -1.27. The van der Waals surface area contributed by atoms with E-state index in [-0.39, 0.29) is 22.9 Å². The smallest absolute Gasteiger partial charge is 0.180 e. The Morgan fingerprint density at radius 1 is 1.21 bits per heavy atom. The topological polar surface area (TPSA) is 89.6 Å². The van der Waals surface area contributed by atoms with Crippen molar-refractivity contribution in [3.05, 3.63) is 18.2 Å². The molecule has 0 saturated carbocycles. The van der Waals surface area contributed by atoms with E-state index in [1.165, 1.54) is 19.2 Å². The number of anilines is 1. The number of unbranched alkanes of at least 4 members (excludes halogenated alkanes) is 3. The van der Waals surface area contributed by atoms with E-state index < -0.39 is 9.84 Å². The summed E-state index contributed by atoms with van der Waals surface area (Å²) in [7, 11) is -1.90. The number of rotatable bonds is 8. The molecule has 108 valence electrons. The molecule has 0 atom stereocenters. The normalized spacial score (nSPS) is 11.5. The largest absolute Gasteiger partial charge is 0.497 e. The van der Waals surface area contributed by atoms with E-state index in [2.05, 4.69) is 0 Å². The minimum Gasteiger partial charge on any atom is -0.497 e. The van der Waals surface area contributed by atoms with Crippen LogP contribution in [0.5, 0.6) is 5.75 Å². The molecule has 0 aromatic heterocycles. The van der Waals surface area contributed by atoms with Crippen molar-refractivity contribution in [1.82, 2.24) is 0 Å². The van der Waals surface area contributed by atoms with Gasteiger partial charge >= 0.3 is 0 Å². The average molecular weight is 287 g/mol. The van der Waals surface area contributed by atoms with Crippen LogP contribution in [0.4, 0.5) is 5.69 Å². The second-order valence-corrected chi connectivity index (χ2v) is 6.44. The summed E-state index contributed by atoms with van der Waals surface area (Å²) in [5, 5.41) is 8.65. The number of nitrogen functional groups attached to an aromatic ring is 1. The van der Waals surface area contributed by atoms with Gasteiger partial charge in [-0.15, -0.1) is 0 Å². The first-order valence-electron chi connectivity index (χ1n) is 6.28. The molecule has 0 aliphatic heterocycles. The van der Waals surface area contributed by atoms with Crippen LogP contribution in [0.1, 0.15) is 25.7 Å². The van der Waals surface area contributed by atoms with Crippen molar-refractivity contribution in [2.45, 2.75) is 30.6 Å². The van der Waals surface area contributed by atoms with Crippen molar-refractivity contribution in [3.63, 3.8) is 0 Å². The molecule has 6 heteroatoms. The molecule has 0 unspecified atom stereocenters. The number of aliphatic hydroxyl groups excluding tert-OH is 1. The SMILES string of the molecule is COc1ccc(N)c(S(=O)(=O)CCCCCCO)c1. The van der Waals surface area contributed by atoms with Crippen molar-refractivity contribution >= 4 is 15.5 Å². The first kappa shape index (κ1) is 15.8. The summed E-state index contributed by atoms with van der Waals surface area (Å²) in [4.78, 5) is 0.133. The maximum atomic E-state index is 12.2. The van der Waals surface area contributed by atoms with E-state index in [1.807, 2.05) is 0 Å². The molecule has 0 spiro atoms. The van der Waals surface area contributed by atoms with Gasteiger partial charge in [-0.2, -0.15) is 0 Å². The molecule has 0 bridgehead atoms. The fourth-order valence-electron chi connectivity index (χ4n) is 1.78. The predicted molar refractivity (Wildman–Crippen MR) is 75.0 cm³/mol. The quantitative estimate of drug-likeness (QED) is 0.560. The maximum Gasteiger partial charge on any atom is 0.180 e. The number of benzene rings is 1. The highest BCUT2D eigenvalue weighted by atomic mass is 32.2. The van der Waals surface area contributed by atoms with E-state index >= 15 is 0 Å². The van der Waals surface area contributed by atoms with E-state index in [9.17, 15) is 8.42 Å². The molecular formula is C13H21NO4S. The number of methoxy groups -OCH3 is 1. The molecule has 3 N–H and O–H groups in total. The lowest BCUT2D eigenvalue weighted by Gasteiger charge is -2.09. The monoisotopic (exact) mass is 287 g/mol. The molecule has 0 saturated heterocycles. The van der Waals surface area contributed by atoms with Gasteiger partial charge in [0, 0.05) is 12.7 Å². The van der Waals surface area contributed by atoms with E-state index in [1.54, 1.807) is 6.07 Å². The van der Waals surface area contributed by atoms with Crippen LogP contribution in [0.15, 0.2) is 23.1 Å². The number of hydrogen-bond donors (Lipinski definition) is 2. The third-order valence-electron chi connectivity index (χ3n) is 2.88. The summed E-state index contributed by atoms with van der Waals surface area (Å²) >= 11 is 0. The molecular weight excluding hydrogens is 266 g/mol. The van der Waals surface area contributed by atoms with E-state index in [0.717, 1.165) is 12.8 Å². The zero-order chi connectivity index (χ0) is 14.3. The lowest BCUT2D eigenvalue weighted by Crippen LogP contribution is -2.10. The second-order valence-electron chi connectivity index (χ2n) is 4.36. The summed E-state index contributed by atoms with van der Waals surface area (Å²) in [6.45, 7) is 0.148. The lowest BCUT2D eigenvalue weighted by molar-refractivity contribution is 0.283. The van der Waals surface area contributed by atoms with E-state index in [4.69, 9.17) is 15.6 Å². The molecule has 1 aromatic rings. The Morgan fingerprint density at radius 2 is 1.89 bits per heavy atom. The fraction of sp³-hybridized carbons (Fsp3) is 0.538. The van der Waals surface area contributed by atoms with Gasteiger partial charge in [-0.05, 0) is 25.0 Å². The van der Waals surface area contributed by atoms with Crippen LogP contribution in [0.25, 0.3) is 0 Å². The van der Waals surface area contributed by atoms with Gasteiger partial charge in [0.15, 0.2) is 9.84 Å². The highest BCUT2D eigenvalue weighted by Gasteiger charge is 2.18. The van der Waals surface area contributed by atoms with Gasteiger partial charge < -0.3 is 15.6 Å². The standard InChI is InChI=1S/C13H21NO4S/c1-18-11-6-7-12(14)13(10-11)19(16,17)9-5-3-2-4-8-15/h6-7,10,15H,2-5,8-9,14H2,1H3. The van der Waals surface area contributed by atoms with Crippen molar-refractivity contribution in [2.24, 2.45) is 0 Å². The van der Waals surface area contributed by atoms with Crippen LogP contribution in [-0.2, 0) is 9.84 Å². The maximum absolute atomic E-state index is 12.2. The molecule has 0 fully saturated rings. The van der Waals surface area contributed by atoms with Crippen molar-refractivity contribution < 1.29 is 18.3 Å². The third-order valence-corrected chi connectivity index (χ3v) is 4.73. The molecule has 19 heavy (non-hydrogen) atoms. The molecule has 0 aliphatic carbocycles. The molecule has 0 heterocycles. The number of hydrogen-bond acceptors (Lipinski definition) is 5. The van der Waals surface area contributed by atoms with E-state index in [0.29, 0.717) is 18.6 Å². The Bertz CT molecular complexity index is 499. The highest BCUT2D eigenvalue weighted by Crippen LogP contribution is 2.25. The van der Waals surface area contributed by atoms with Crippen LogP contribution in [-0.4, -0.2) is 33.0 Å². The third kappa shape index (κ3) is 4.72. The Kier molecular flexibility index (Phi) is 6.11. The zero-order valence-corrected chi connectivity index (χ0v) is 11.9. The van der Waals surface area contributed by atoms with Gasteiger partial charge in [-0.25, -0.2) is 8.42 Å². The van der Waals surface area contributed by atoms with Gasteiger partial charge in [0.05, 0.1) is 23.4 Å². The van der Waals surface area contributed by atoms with Crippen LogP contribution in [0, 0.1) is 0 Å². The van der Waals surface area contributed by atoms with Gasteiger partial charge in [-0.1, -0.05) is 12.8 Å². The zero-order valence-electron chi connectivity index (χ0n) is 11.1. The number of nitrogens with two attached hydrogens (primary N) is 1. The summed E-state index contributed by atoms with van der Waals surface area (Å²) < 4.78 is 29.4. The highest BCUT2D eigenvalue weighted by molar-refractivity contribution is 7.91. The second kappa shape index (κ2) is 7.35. The first-order valence-corrected chi connectivity index (χ1v) is 7.93. The van der Waals surface area contributed by atoms with Crippen LogP contribution in [0.3, 0.4) is 0 Å². The van der Waals surface area contributed by atoms with Gasteiger partial charge in [-0.3, -0.25) is 0 Å². The van der Waals surface area contributed by atoms with Crippen molar-refractivity contribution in [1.29, 1.82) is 0 Å². The molecule has 1 rings (SSSR count). The molecule has 0 radical (unpaired) electrons. The summed E-state index contributed by atoms with van der Waals surface area (Å²) in [6.07, 6.45) is 2.89. The summed E-state index contributed by atoms with van der Waals surface area (Å²) in [5.41, 5.74) is 5.96.